The topological polar surface area (TPSA) is 55.8 Å². The van der Waals surface area contributed by atoms with Crippen molar-refractivity contribution in [2.24, 2.45) is 0 Å². The van der Waals surface area contributed by atoms with E-state index in [1.807, 2.05) is 0 Å². The molecule has 0 amide bonds. The Bertz CT molecular complexity index is 210. The van der Waals surface area contributed by atoms with Crippen LogP contribution in [-0.2, 0) is 13.6 Å². The smallest absolute Gasteiger partial charge is 0.386 e. The highest BCUT2D eigenvalue weighted by Crippen LogP contribution is 2.63. The molecule has 0 rings (SSSR count). The van der Waals surface area contributed by atoms with Crippen LogP contribution in [-0.4, -0.2) is 30.1 Å². The van der Waals surface area contributed by atoms with Gasteiger partial charge in [-0.25, -0.2) is 0 Å². The average Bonchev–Trinajstić information content (AvgIpc) is 2.04. The Morgan fingerprint density at radius 1 is 1.36 bits per heavy atom. The zero-order chi connectivity index (χ0) is 11.4. The van der Waals surface area contributed by atoms with Gasteiger partial charge in [0.05, 0.1) is 13.2 Å². The Kier molecular flexibility index (Phi) is 5.15. The van der Waals surface area contributed by atoms with E-state index in [-0.39, 0.29) is 13.2 Å². The van der Waals surface area contributed by atoms with Gasteiger partial charge < -0.3 is 14.2 Å². The van der Waals surface area contributed by atoms with Crippen LogP contribution in [0.4, 0.5) is 8.78 Å². The highest BCUT2D eigenvalue weighted by Gasteiger charge is 2.56. The minimum atomic E-state index is -4.56. The lowest BCUT2D eigenvalue weighted by atomic mass is 10.4. The van der Waals surface area contributed by atoms with Crippen molar-refractivity contribution < 1.29 is 27.5 Å². The van der Waals surface area contributed by atoms with Crippen LogP contribution in [0.2, 0.25) is 0 Å². The Hall–Kier alpha value is -0.0300. The van der Waals surface area contributed by atoms with E-state index in [1.54, 1.807) is 0 Å². The number of halogens is 2. The third-order valence-corrected chi connectivity index (χ3v) is 3.77. The van der Waals surface area contributed by atoms with E-state index >= 15 is 0 Å². The van der Waals surface area contributed by atoms with Crippen LogP contribution in [0.15, 0.2) is 0 Å². The molecule has 1 N–H and O–H groups in total. The van der Waals surface area contributed by atoms with Crippen molar-refractivity contribution in [3.8, 4) is 0 Å². The maximum atomic E-state index is 13.2. The van der Waals surface area contributed by atoms with E-state index in [1.165, 1.54) is 13.8 Å². The van der Waals surface area contributed by atoms with Gasteiger partial charge in [-0.1, -0.05) is 0 Å². The number of aliphatic hydroxyl groups excluding tert-OH is 1. The van der Waals surface area contributed by atoms with Crippen LogP contribution >= 0.6 is 7.60 Å². The maximum Gasteiger partial charge on any atom is 0.402 e. The molecule has 0 aromatic heterocycles. The molecule has 7 heteroatoms. The van der Waals surface area contributed by atoms with Crippen molar-refractivity contribution in [2.45, 2.75) is 32.5 Å². The van der Waals surface area contributed by atoms with Crippen molar-refractivity contribution >= 4 is 7.60 Å². The summed E-state index contributed by atoms with van der Waals surface area (Å²) in [4.78, 5) is 0. The minimum Gasteiger partial charge on any atom is -0.386 e. The molecule has 0 aromatic rings. The summed E-state index contributed by atoms with van der Waals surface area (Å²) in [6, 6.07) is 0. The molecule has 0 aliphatic carbocycles. The van der Waals surface area contributed by atoms with E-state index in [0.29, 0.717) is 0 Å². The molecule has 0 aliphatic heterocycles. The van der Waals surface area contributed by atoms with Gasteiger partial charge in [-0.15, -0.1) is 0 Å². The van der Waals surface area contributed by atoms with Crippen LogP contribution in [0.5, 0.6) is 0 Å². The van der Waals surface area contributed by atoms with Gasteiger partial charge in [0.1, 0.15) is 6.10 Å². The van der Waals surface area contributed by atoms with Gasteiger partial charge >= 0.3 is 13.3 Å². The molecule has 0 aliphatic rings. The highest BCUT2D eigenvalue weighted by molar-refractivity contribution is 7.55. The highest BCUT2D eigenvalue weighted by atomic mass is 31.2. The fraction of sp³-hybridized carbons (Fsp3) is 1.00. The predicted molar refractivity (Wildman–Crippen MR) is 47.5 cm³/mol. The Balaban J connectivity index is 4.89. The van der Waals surface area contributed by atoms with Crippen LogP contribution < -0.4 is 0 Å². The molecule has 0 bridgehead atoms. The monoisotopic (exact) mass is 232 g/mol. The zero-order valence-electron chi connectivity index (χ0n) is 8.37. The second-order valence-corrected chi connectivity index (χ2v) is 4.70. The van der Waals surface area contributed by atoms with E-state index in [2.05, 4.69) is 9.05 Å². The van der Waals surface area contributed by atoms with Crippen LogP contribution in [0.1, 0.15) is 20.8 Å². The molecule has 86 valence electrons. The second kappa shape index (κ2) is 5.16. The first-order valence-electron chi connectivity index (χ1n) is 4.27. The number of hydrogen-bond donors (Lipinski definition) is 1. The van der Waals surface area contributed by atoms with Crippen LogP contribution in [0, 0.1) is 0 Å². The third-order valence-electron chi connectivity index (χ3n) is 1.47. The molecule has 0 saturated heterocycles. The van der Waals surface area contributed by atoms with E-state index < -0.39 is 19.4 Å². The minimum absolute atomic E-state index is 0.167. The van der Waals surface area contributed by atoms with E-state index in [4.69, 9.17) is 5.11 Å². The lowest BCUT2D eigenvalue weighted by molar-refractivity contribution is -0.0566. The summed E-state index contributed by atoms with van der Waals surface area (Å²) >= 11 is 0. The number of hydrogen-bond acceptors (Lipinski definition) is 4. The van der Waals surface area contributed by atoms with Gasteiger partial charge in [-0.05, 0) is 20.8 Å². The summed E-state index contributed by atoms with van der Waals surface area (Å²) in [5.41, 5.74) is -3.88. The molecular weight excluding hydrogens is 217 g/mol. The number of aliphatic hydroxyl groups is 1. The molecule has 1 atom stereocenters. The predicted octanol–water partition coefficient (Wildman–Crippen LogP) is 2.23. The largest absolute Gasteiger partial charge is 0.402 e. The summed E-state index contributed by atoms with van der Waals surface area (Å²) < 4.78 is 46.8. The summed E-state index contributed by atoms with van der Waals surface area (Å²) in [6.45, 7) is 3.34. The van der Waals surface area contributed by atoms with Crippen molar-refractivity contribution in [1.29, 1.82) is 0 Å². The molecule has 1 unspecified atom stereocenters. The Morgan fingerprint density at radius 3 is 1.93 bits per heavy atom. The quantitative estimate of drug-likeness (QED) is 0.713. The molecule has 0 radical (unpaired) electrons. The van der Waals surface area contributed by atoms with Crippen LogP contribution in [0.3, 0.4) is 0 Å². The number of rotatable bonds is 6. The SMILES string of the molecule is CCOP(=O)(OCC)C(F)(F)C(C)O. The molecule has 14 heavy (non-hydrogen) atoms. The summed E-state index contributed by atoms with van der Waals surface area (Å²) in [5.74, 6) is 0. The summed E-state index contributed by atoms with van der Waals surface area (Å²) in [6.07, 6.45) is -2.08. The van der Waals surface area contributed by atoms with Gasteiger partial charge in [0.25, 0.3) is 0 Å². The first-order chi connectivity index (χ1) is 6.31. The molecule has 0 fully saturated rings. The van der Waals surface area contributed by atoms with Gasteiger partial charge in [0.15, 0.2) is 0 Å². The van der Waals surface area contributed by atoms with Gasteiger partial charge in [0.2, 0.25) is 0 Å². The normalized spacial score (nSPS) is 15.6. The van der Waals surface area contributed by atoms with Crippen molar-refractivity contribution in [3.05, 3.63) is 0 Å². The van der Waals surface area contributed by atoms with E-state index in [9.17, 15) is 13.3 Å². The Morgan fingerprint density at radius 2 is 1.71 bits per heavy atom. The third kappa shape index (κ3) is 2.73. The molecule has 4 nitrogen and oxygen atoms in total. The number of alkyl halides is 2. The first-order valence-corrected chi connectivity index (χ1v) is 5.81. The first kappa shape index (κ1) is 14.0. The lowest BCUT2D eigenvalue weighted by Gasteiger charge is -2.27. The molecule has 0 heterocycles. The van der Waals surface area contributed by atoms with Crippen molar-refractivity contribution in [3.63, 3.8) is 0 Å². The summed E-state index contributed by atoms with van der Waals surface area (Å²) in [5, 5.41) is 8.79. The molecule has 0 aromatic carbocycles. The van der Waals surface area contributed by atoms with Crippen molar-refractivity contribution in [2.75, 3.05) is 13.2 Å². The standard InChI is InChI=1S/C7H15F2O4P/c1-4-12-14(11,13-5-2)7(8,9)6(3)10/h6,10H,4-5H2,1-3H3. The second-order valence-electron chi connectivity index (χ2n) is 2.60. The Labute approximate surface area is 81.7 Å². The molecule has 0 spiro atoms. The molecular formula is C7H15F2O4P. The van der Waals surface area contributed by atoms with Gasteiger partial charge in [0, 0.05) is 0 Å². The maximum absolute atomic E-state index is 13.2. The fourth-order valence-corrected chi connectivity index (χ4v) is 2.33. The molecule has 0 saturated carbocycles. The average molecular weight is 232 g/mol. The van der Waals surface area contributed by atoms with E-state index in [0.717, 1.165) is 6.92 Å². The van der Waals surface area contributed by atoms with Crippen molar-refractivity contribution in [1.82, 2.24) is 0 Å². The van der Waals surface area contributed by atoms with Gasteiger partial charge in [-0.2, -0.15) is 8.78 Å². The van der Waals surface area contributed by atoms with Gasteiger partial charge in [-0.3, -0.25) is 4.57 Å². The lowest BCUT2D eigenvalue weighted by Crippen LogP contribution is -2.32. The zero-order valence-corrected chi connectivity index (χ0v) is 9.26. The fourth-order valence-electron chi connectivity index (χ4n) is 0.778. The summed E-state index contributed by atoms with van der Waals surface area (Å²) in [7, 11) is -4.56. The van der Waals surface area contributed by atoms with Crippen LogP contribution in [0.25, 0.3) is 0 Å².